The van der Waals surface area contributed by atoms with Gasteiger partial charge in [0, 0.05) is 6.54 Å². The molecule has 0 bridgehead atoms. The first kappa shape index (κ1) is 11.7. The first-order valence-corrected chi connectivity index (χ1v) is 6.89. The van der Waals surface area contributed by atoms with Crippen molar-refractivity contribution < 1.29 is 4.39 Å². The normalized spacial score (nSPS) is 11.1. The average Bonchev–Trinajstić information content (AvgIpc) is 2.55. The molecule has 86 valence electrons. The lowest BCUT2D eigenvalue weighted by Gasteiger charge is -2.03. The summed E-state index contributed by atoms with van der Waals surface area (Å²) in [5.41, 5.74) is 1.75. The van der Waals surface area contributed by atoms with E-state index in [1.807, 2.05) is 16.3 Å². The fourth-order valence-corrected chi connectivity index (χ4v) is 2.44. The van der Waals surface area contributed by atoms with Crippen LogP contribution >= 0.6 is 24.0 Å². The largest absolute Gasteiger partial charge is 0.330 e. The predicted octanol–water partition coefficient (Wildman–Crippen LogP) is 3.59. The third-order valence-corrected chi connectivity index (χ3v) is 3.49. The van der Waals surface area contributed by atoms with E-state index in [0.29, 0.717) is 4.77 Å². The van der Waals surface area contributed by atoms with Gasteiger partial charge < -0.3 is 9.55 Å². The monoisotopic (exact) mass is 256 g/mol. The van der Waals surface area contributed by atoms with E-state index >= 15 is 0 Å². The summed E-state index contributed by atoms with van der Waals surface area (Å²) in [4.78, 5) is 3.03. The van der Waals surface area contributed by atoms with Crippen LogP contribution in [-0.4, -0.2) is 21.6 Å². The minimum Gasteiger partial charge on any atom is -0.330 e. The molecular weight excluding hydrogens is 243 g/mol. The molecule has 0 fully saturated rings. The van der Waals surface area contributed by atoms with Gasteiger partial charge in [-0.3, -0.25) is 0 Å². The number of nitrogens with zero attached hydrogens (tertiary/aromatic N) is 1. The highest BCUT2D eigenvalue weighted by Gasteiger charge is 2.04. The van der Waals surface area contributed by atoms with E-state index in [4.69, 9.17) is 12.2 Å². The molecule has 0 unspecified atom stereocenters. The second-order valence-corrected chi connectivity index (χ2v) is 4.96. The Morgan fingerprint density at radius 2 is 2.31 bits per heavy atom. The summed E-state index contributed by atoms with van der Waals surface area (Å²) in [5.74, 6) is 0.871. The van der Waals surface area contributed by atoms with Crippen molar-refractivity contribution in [3.8, 4) is 0 Å². The maximum absolute atomic E-state index is 13.0. The van der Waals surface area contributed by atoms with Crippen molar-refractivity contribution in [3.05, 3.63) is 28.8 Å². The van der Waals surface area contributed by atoms with Crippen molar-refractivity contribution in [2.24, 2.45) is 0 Å². The van der Waals surface area contributed by atoms with E-state index < -0.39 is 0 Å². The van der Waals surface area contributed by atoms with Crippen molar-refractivity contribution in [1.29, 1.82) is 0 Å². The Morgan fingerprint density at radius 3 is 3.06 bits per heavy atom. The van der Waals surface area contributed by atoms with Gasteiger partial charge in [-0.25, -0.2) is 4.39 Å². The molecule has 0 aliphatic rings. The van der Waals surface area contributed by atoms with Crippen LogP contribution < -0.4 is 0 Å². The second kappa shape index (κ2) is 5.01. The molecule has 1 heterocycles. The summed E-state index contributed by atoms with van der Waals surface area (Å²) in [7, 11) is 0. The number of nitrogens with one attached hydrogen (secondary N) is 1. The molecule has 1 aromatic carbocycles. The summed E-state index contributed by atoms with van der Waals surface area (Å²) in [6, 6.07) is 4.72. The number of fused-ring (bicyclic) bond motifs is 1. The molecule has 0 spiro atoms. The van der Waals surface area contributed by atoms with E-state index in [2.05, 4.69) is 11.2 Å². The Morgan fingerprint density at radius 1 is 1.50 bits per heavy atom. The average molecular weight is 256 g/mol. The molecule has 5 heteroatoms. The molecule has 1 N–H and O–H groups in total. The van der Waals surface area contributed by atoms with Gasteiger partial charge in [0.05, 0.1) is 11.0 Å². The molecule has 0 atom stereocenters. The molecule has 0 aliphatic carbocycles. The van der Waals surface area contributed by atoms with Gasteiger partial charge in [-0.15, -0.1) is 0 Å². The second-order valence-electron chi connectivity index (χ2n) is 3.59. The van der Waals surface area contributed by atoms with Crippen LogP contribution in [0.15, 0.2) is 18.2 Å². The zero-order valence-corrected chi connectivity index (χ0v) is 10.6. The lowest BCUT2D eigenvalue weighted by Crippen LogP contribution is -1.98. The van der Waals surface area contributed by atoms with Gasteiger partial charge in [0.1, 0.15) is 5.82 Å². The molecular formula is C11H13FN2S2. The van der Waals surface area contributed by atoms with Gasteiger partial charge in [-0.2, -0.15) is 11.8 Å². The number of halogens is 1. The van der Waals surface area contributed by atoms with Crippen LogP contribution in [0.5, 0.6) is 0 Å². The van der Waals surface area contributed by atoms with Crippen molar-refractivity contribution in [2.75, 3.05) is 12.0 Å². The van der Waals surface area contributed by atoms with Gasteiger partial charge in [0.25, 0.3) is 0 Å². The summed E-state index contributed by atoms with van der Waals surface area (Å²) in [6.45, 7) is 0.880. The number of rotatable bonds is 4. The highest BCUT2D eigenvalue weighted by molar-refractivity contribution is 7.98. The third-order valence-electron chi connectivity index (χ3n) is 2.47. The smallest absolute Gasteiger partial charge is 0.178 e. The Balaban J connectivity index is 2.36. The quantitative estimate of drug-likeness (QED) is 0.666. The van der Waals surface area contributed by atoms with Crippen LogP contribution in [0.3, 0.4) is 0 Å². The SMILES string of the molecule is CSCCCn1c(=S)[nH]c2cc(F)ccc21. The molecule has 2 rings (SSSR count). The number of aromatic amines is 1. The van der Waals surface area contributed by atoms with Gasteiger partial charge in [0.15, 0.2) is 4.77 Å². The third kappa shape index (κ3) is 2.30. The Bertz CT molecular complexity index is 544. The van der Waals surface area contributed by atoms with Crippen molar-refractivity contribution >= 4 is 35.0 Å². The molecule has 0 radical (unpaired) electrons. The summed E-state index contributed by atoms with van der Waals surface area (Å²) in [6.07, 6.45) is 3.16. The molecule has 16 heavy (non-hydrogen) atoms. The van der Waals surface area contributed by atoms with Crippen molar-refractivity contribution in [2.45, 2.75) is 13.0 Å². The van der Waals surface area contributed by atoms with E-state index in [1.54, 1.807) is 6.07 Å². The number of aromatic nitrogens is 2. The van der Waals surface area contributed by atoms with Gasteiger partial charge >= 0.3 is 0 Å². The maximum atomic E-state index is 13.0. The van der Waals surface area contributed by atoms with Crippen molar-refractivity contribution in [1.82, 2.24) is 9.55 Å². The molecule has 2 nitrogen and oxygen atoms in total. The fraction of sp³-hybridized carbons (Fsp3) is 0.364. The Hall–Kier alpha value is -0.810. The van der Waals surface area contributed by atoms with Crippen LogP contribution in [-0.2, 0) is 6.54 Å². The molecule has 0 saturated heterocycles. The van der Waals surface area contributed by atoms with Crippen LogP contribution in [0.1, 0.15) is 6.42 Å². The first-order valence-electron chi connectivity index (χ1n) is 5.09. The topological polar surface area (TPSA) is 20.7 Å². The summed E-state index contributed by atoms with van der Waals surface area (Å²) < 4.78 is 15.7. The first-order chi connectivity index (χ1) is 7.72. The Kier molecular flexibility index (Phi) is 3.66. The van der Waals surface area contributed by atoms with E-state index in [9.17, 15) is 4.39 Å². The summed E-state index contributed by atoms with van der Waals surface area (Å²) >= 11 is 7.04. The molecule has 1 aromatic heterocycles. The number of benzene rings is 1. The zero-order valence-electron chi connectivity index (χ0n) is 9.00. The fourth-order valence-electron chi connectivity index (χ4n) is 1.72. The highest BCUT2D eigenvalue weighted by Crippen LogP contribution is 2.16. The minimum absolute atomic E-state index is 0.236. The van der Waals surface area contributed by atoms with E-state index in [0.717, 1.165) is 29.8 Å². The zero-order chi connectivity index (χ0) is 11.5. The Labute approximate surface area is 103 Å². The van der Waals surface area contributed by atoms with Gasteiger partial charge in [-0.1, -0.05) is 0 Å². The standard InChI is InChI=1S/C11H13FN2S2/c1-16-6-2-5-14-10-4-3-8(12)7-9(10)13-11(14)15/h3-4,7H,2,5-6H2,1H3,(H,13,15). The highest BCUT2D eigenvalue weighted by atomic mass is 32.2. The molecule has 0 amide bonds. The lowest BCUT2D eigenvalue weighted by molar-refractivity contribution is 0.629. The molecule has 0 aliphatic heterocycles. The van der Waals surface area contributed by atoms with E-state index in [-0.39, 0.29) is 5.82 Å². The maximum Gasteiger partial charge on any atom is 0.178 e. The predicted molar refractivity (Wildman–Crippen MR) is 70.1 cm³/mol. The van der Waals surface area contributed by atoms with Crippen molar-refractivity contribution in [3.63, 3.8) is 0 Å². The molecule has 2 aromatic rings. The molecule has 0 saturated carbocycles. The minimum atomic E-state index is -0.236. The summed E-state index contributed by atoms with van der Waals surface area (Å²) in [5, 5.41) is 0. The van der Waals surface area contributed by atoms with Crippen LogP contribution in [0.25, 0.3) is 11.0 Å². The number of H-pyrrole nitrogens is 1. The number of hydrogen-bond acceptors (Lipinski definition) is 2. The van der Waals surface area contributed by atoms with Crippen LogP contribution in [0.4, 0.5) is 4.39 Å². The van der Waals surface area contributed by atoms with Crippen LogP contribution in [0, 0.1) is 10.6 Å². The van der Waals surface area contributed by atoms with E-state index in [1.165, 1.54) is 12.1 Å². The van der Waals surface area contributed by atoms with Gasteiger partial charge in [0.2, 0.25) is 0 Å². The number of hydrogen-bond donors (Lipinski definition) is 1. The number of aryl methyl sites for hydroxylation is 1. The van der Waals surface area contributed by atoms with Gasteiger partial charge in [-0.05, 0) is 48.8 Å². The number of thioether (sulfide) groups is 1. The number of imidazole rings is 1. The van der Waals surface area contributed by atoms with Crippen LogP contribution in [0.2, 0.25) is 0 Å². The lowest BCUT2D eigenvalue weighted by atomic mass is 10.3.